The lowest BCUT2D eigenvalue weighted by atomic mass is 10.1. The lowest BCUT2D eigenvalue weighted by Crippen LogP contribution is -2.43. The predicted octanol–water partition coefficient (Wildman–Crippen LogP) is 1.89. The van der Waals surface area contributed by atoms with E-state index in [0.29, 0.717) is 13.1 Å². The number of thiazole rings is 1. The van der Waals surface area contributed by atoms with Crippen molar-refractivity contribution in [2.75, 3.05) is 6.54 Å². The molecule has 17 heavy (non-hydrogen) atoms. The fourth-order valence-electron chi connectivity index (χ4n) is 1.73. The number of nitrogens with two attached hydrogens (primary N) is 1. The van der Waals surface area contributed by atoms with Crippen molar-refractivity contribution >= 4 is 17.4 Å². The molecular weight excluding hydrogens is 238 g/mol. The SMILES string of the molecule is CC(C)(C)OC(=O)N1Cc2ncsc2C(N)C1. The van der Waals surface area contributed by atoms with E-state index in [1.54, 1.807) is 21.7 Å². The van der Waals surface area contributed by atoms with Gasteiger partial charge in [0.1, 0.15) is 5.60 Å². The summed E-state index contributed by atoms with van der Waals surface area (Å²) in [6, 6.07) is -0.154. The molecule has 0 fully saturated rings. The van der Waals surface area contributed by atoms with Gasteiger partial charge < -0.3 is 15.4 Å². The van der Waals surface area contributed by atoms with Crippen molar-refractivity contribution in [3.8, 4) is 0 Å². The minimum absolute atomic E-state index is 0.154. The van der Waals surface area contributed by atoms with Crippen molar-refractivity contribution in [2.45, 2.75) is 39.0 Å². The summed E-state index contributed by atoms with van der Waals surface area (Å²) < 4.78 is 5.32. The summed E-state index contributed by atoms with van der Waals surface area (Å²) in [5, 5.41) is 0. The first-order chi connectivity index (χ1) is 7.87. The van der Waals surface area contributed by atoms with E-state index in [2.05, 4.69) is 4.98 Å². The number of hydrogen-bond donors (Lipinski definition) is 1. The van der Waals surface area contributed by atoms with Crippen LogP contribution in [0.3, 0.4) is 0 Å². The standard InChI is InChI=1S/C11H17N3O2S/c1-11(2,3)16-10(15)14-4-7(12)9-8(5-14)13-6-17-9/h6-7H,4-5,12H2,1-3H3. The lowest BCUT2D eigenvalue weighted by Gasteiger charge is -2.32. The average molecular weight is 255 g/mol. The van der Waals surface area contributed by atoms with Crippen LogP contribution in [0.5, 0.6) is 0 Å². The molecule has 0 saturated heterocycles. The largest absolute Gasteiger partial charge is 0.444 e. The number of ether oxygens (including phenoxy) is 1. The van der Waals surface area contributed by atoms with E-state index >= 15 is 0 Å². The number of carbonyl (C=O) groups excluding carboxylic acids is 1. The van der Waals surface area contributed by atoms with E-state index in [-0.39, 0.29) is 12.1 Å². The molecular formula is C11H17N3O2S. The van der Waals surface area contributed by atoms with E-state index in [1.165, 1.54) is 0 Å². The van der Waals surface area contributed by atoms with Crippen LogP contribution in [-0.2, 0) is 11.3 Å². The summed E-state index contributed by atoms with van der Waals surface area (Å²) in [6.07, 6.45) is -0.327. The van der Waals surface area contributed by atoms with Crippen LogP contribution in [0.1, 0.15) is 37.4 Å². The molecule has 0 radical (unpaired) electrons. The molecule has 1 amide bonds. The molecule has 0 aromatic carbocycles. The van der Waals surface area contributed by atoms with Gasteiger partial charge in [0.05, 0.1) is 23.8 Å². The Bertz CT molecular complexity index is 425. The summed E-state index contributed by atoms with van der Waals surface area (Å²) in [7, 11) is 0. The zero-order valence-electron chi connectivity index (χ0n) is 10.3. The van der Waals surface area contributed by atoms with E-state index in [9.17, 15) is 4.79 Å². The van der Waals surface area contributed by atoms with Gasteiger partial charge in [-0.25, -0.2) is 9.78 Å². The smallest absolute Gasteiger partial charge is 0.410 e. The van der Waals surface area contributed by atoms with Crippen molar-refractivity contribution in [1.82, 2.24) is 9.88 Å². The monoisotopic (exact) mass is 255 g/mol. The number of nitrogens with zero attached hydrogens (tertiary/aromatic N) is 2. The minimum atomic E-state index is -0.483. The lowest BCUT2D eigenvalue weighted by molar-refractivity contribution is 0.0205. The Labute approximate surface area is 105 Å². The van der Waals surface area contributed by atoms with Crippen LogP contribution in [0.15, 0.2) is 5.51 Å². The molecule has 2 rings (SSSR count). The topological polar surface area (TPSA) is 68.5 Å². The number of hydrogen-bond acceptors (Lipinski definition) is 5. The molecule has 0 bridgehead atoms. The normalized spacial score (nSPS) is 20.0. The second-order valence-corrected chi connectivity index (χ2v) is 6.02. The second-order valence-electron chi connectivity index (χ2n) is 5.13. The molecule has 0 aliphatic carbocycles. The number of carbonyl (C=O) groups is 1. The van der Waals surface area contributed by atoms with Gasteiger partial charge >= 0.3 is 6.09 Å². The van der Waals surface area contributed by atoms with E-state index in [0.717, 1.165) is 10.6 Å². The Kier molecular flexibility index (Phi) is 3.09. The second kappa shape index (κ2) is 4.27. The highest BCUT2D eigenvalue weighted by Gasteiger charge is 2.30. The van der Waals surface area contributed by atoms with Crippen molar-refractivity contribution in [1.29, 1.82) is 0 Å². The first-order valence-corrected chi connectivity index (χ1v) is 6.40. The summed E-state index contributed by atoms with van der Waals surface area (Å²) >= 11 is 1.55. The van der Waals surface area contributed by atoms with E-state index in [4.69, 9.17) is 10.5 Å². The molecule has 1 aliphatic heterocycles. The van der Waals surface area contributed by atoms with Gasteiger partial charge in [-0.15, -0.1) is 11.3 Å². The molecule has 1 aromatic heterocycles. The van der Waals surface area contributed by atoms with Crippen LogP contribution in [0, 0.1) is 0 Å². The van der Waals surface area contributed by atoms with Gasteiger partial charge in [0.15, 0.2) is 0 Å². The molecule has 1 atom stereocenters. The quantitative estimate of drug-likeness (QED) is 0.768. The highest BCUT2D eigenvalue weighted by molar-refractivity contribution is 7.09. The minimum Gasteiger partial charge on any atom is -0.444 e. The Hall–Kier alpha value is -1.14. The molecule has 0 spiro atoms. The maximum atomic E-state index is 11.9. The third-order valence-electron chi connectivity index (χ3n) is 2.42. The Morgan fingerprint density at radius 2 is 2.35 bits per heavy atom. The maximum absolute atomic E-state index is 11.9. The summed E-state index contributed by atoms with van der Waals surface area (Å²) in [5.41, 5.74) is 8.18. The fraction of sp³-hybridized carbons (Fsp3) is 0.636. The fourth-order valence-corrected chi connectivity index (χ4v) is 2.53. The van der Waals surface area contributed by atoms with Crippen LogP contribution < -0.4 is 5.73 Å². The van der Waals surface area contributed by atoms with Gasteiger partial charge in [0.2, 0.25) is 0 Å². The third kappa shape index (κ3) is 2.76. The van der Waals surface area contributed by atoms with Crippen molar-refractivity contribution < 1.29 is 9.53 Å². The number of rotatable bonds is 0. The number of aromatic nitrogens is 1. The van der Waals surface area contributed by atoms with Gasteiger partial charge in [-0.2, -0.15) is 0 Å². The highest BCUT2D eigenvalue weighted by Crippen LogP contribution is 2.28. The molecule has 1 aromatic rings. The van der Waals surface area contributed by atoms with Gasteiger partial charge in [-0.1, -0.05) is 0 Å². The van der Waals surface area contributed by atoms with Crippen LogP contribution >= 0.6 is 11.3 Å². The first-order valence-electron chi connectivity index (χ1n) is 5.52. The molecule has 1 aliphatic rings. The van der Waals surface area contributed by atoms with Crippen LogP contribution in [0.25, 0.3) is 0 Å². The zero-order chi connectivity index (χ0) is 12.6. The average Bonchev–Trinajstić information content (AvgIpc) is 2.63. The maximum Gasteiger partial charge on any atom is 0.410 e. The predicted molar refractivity (Wildman–Crippen MR) is 65.7 cm³/mol. The summed E-state index contributed by atoms with van der Waals surface area (Å²) in [5.74, 6) is 0. The number of fused-ring (bicyclic) bond motifs is 1. The zero-order valence-corrected chi connectivity index (χ0v) is 11.1. The Balaban J connectivity index is 2.09. The summed E-state index contributed by atoms with van der Waals surface area (Å²) in [4.78, 5) is 18.8. The van der Waals surface area contributed by atoms with Gasteiger partial charge in [-0.3, -0.25) is 0 Å². The Morgan fingerprint density at radius 3 is 3.00 bits per heavy atom. The van der Waals surface area contributed by atoms with Crippen LogP contribution in [0.2, 0.25) is 0 Å². The van der Waals surface area contributed by atoms with E-state index in [1.807, 2.05) is 20.8 Å². The number of amides is 1. The molecule has 94 valence electrons. The van der Waals surface area contributed by atoms with Crippen molar-refractivity contribution in [3.05, 3.63) is 16.1 Å². The van der Waals surface area contributed by atoms with Crippen molar-refractivity contribution in [2.24, 2.45) is 5.73 Å². The molecule has 1 unspecified atom stereocenters. The van der Waals surface area contributed by atoms with E-state index < -0.39 is 5.60 Å². The summed E-state index contributed by atoms with van der Waals surface area (Å²) in [6.45, 7) is 6.53. The molecule has 2 heterocycles. The molecule has 6 heteroatoms. The third-order valence-corrected chi connectivity index (χ3v) is 3.42. The van der Waals surface area contributed by atoms with Crippen LogP contribution in [-0.4, -0.2) is 28.1 Å². The van der Waals surface area contributed by atoms with Gasteiger partial charge in [-0.05, 0) is 20.8 Å². The Morgan fingerprint density at radius 1 is 1.65 bits per heavy atom. The van der Waals surface area contributed by atoms with Crippen LogP contribution in [0.4, 0.5) is 4.79 Å². The molecule has 0 saturated carbocycles. The van der Waals surface area contributed by atoms with Gasteiger partial charge in [0, 0.05) is 11.4 Å². The highest BCUT2D eigenvalue weighted by atomic mass is 32.1. The van der Waals surface area contributed by atoms with Gasteiger partial charge in [0.25, 0.3) is 0 Å². The molecule has 2 N–H and O–H groups in total. The van der Waals surface area contributed by atoms with Crippen molar-refractivity contribution in [3.63, 3.8) is 0 Å². The first kappa shape index (κ1) is 12.3. The molecule has 5 nitrogen and oxygen atoms in total.